The summed E-state index contributed by atoms with van der Waals surface area (Å²) in [4.78, 5) is 4.26. The molecule has 1 aromatic rings. The number of pyridine rings is 1. The Balaban J connectivity index is 2.24. The van der Waals surface area contributed by atoms with Gasteiger partial charge in [0, 0.05) is 26.5 Å². The topological polar surface area (TPSA) is 77.5 Å². The summed E-state index contributed by atoms with van der Waals surface area (Å²) in [5.41, 5.74) is 0.921. The van der Waals surface area contributed by atoms with Gasteiger partial charge in [0.2, 0.25) is 0 Å². The van der Waals surface area contributed by atoms with Crippen LogP contribution in [0.15, 0.2) is 18.3 Å². The first-order valence-electron chi connectivity index (χ1n) is 6.46. The Hall–Kier alpha value is -1.18. The molecule has 7 heteroatoms. The summed E-state index contributed by atoms with van der Waals surface area (Å²) in [7, 11) is -1.25. The molecule has 20 heavy (non-hydrogen) atoms. The molecule has 0 fully saturated rings. The van der Waals surface area contributed by atoms with Crippen LogP contribution < -0.4 is 10.1 Å². The van der Waals surface area contributed by atoms with E-state index in [2.05, 4.69) is 10.3 Å². The van der Waals surface area contributed by atoms with Crippen LogP contribution in [0.3, 0.4) is 0 Å². The number of nitrogens with zero attached hydrogens (tertiary/aromatic N) is 1. The zero-order valence-corrected chi connectivity index (χ0v) is 12.8. The highest BCUT2D eigenvalue weighted by atomic mass is 32.2. The molecular formula is C13H22N2O4S. The Kier molecular flexibility index (Phi) is 7.50. The first-order chi connectivity index (χ1) is 9.51. The van der Waals surface area contributed by atoms with Gasteiger partial charge in [0.05, 0.1) is 30.9 Å². The van der Waals surface area contributed by atoms with Crippen LogP contribution in [-0.2, 0) is 21.1 Å². The van der Waals surface area contributed by atoms with Gasteiger partial charge in [-0.2, -0.15) is 0 Å². The molecule has 6 nitrogen and oxygen atoms in total. The van der Waals surface area contributed by atoms with E-state index < -0.39 is 9.84 Å². The number of rotatable bonds is 10. The second-order valence-electron chi connectivity index (χ2n) is 4.49. The van der Waals surface area contributed by atoms with Crippen molar-refractivity contribution < 1.29 is 17.9 Å². The normalized spacial score (nSPS) is 11.5. The van der Waals surface area contributed by atoms with Crippen molar-refractivity contribution in [3.05, 3.63) is 24.0 Å². The van der Waals surface area contributed by atoms with Gasteiger partial charge >= 0.3 is 0 Å². The molecule has 0 atom stereocenters. The van der Waals surface area contributed by atoms with Crippen molar-refractivity contribution in [2.45, 2.75) is 13.0 Å². The van der Waals surface area contributed by atoms with Gasteiger partial charge < -0.3 is 14.8 Å². The first kappa shape index (κ1) is 16.9. The lowest BCUT2D eigenvalue weighted by atomic mass is 10.3. The molecule has 0 aliphatic rings. The summed E-state index contributed by atoms with van der Waals surface area (Å²) in [5.74, 6) is 0.793. The molecule has 0 unspecified atom stereocenters. The van der Waals surface area contributed by atoms with Crippen molar-refractivity contribution in [2.75, 3.05) is 38.9 Å². The summed E-state index contributed by atoms with van der Waals surface area (Å²) in [6.07, 6.45) is 3.35. The van der Waals surface area contributed by atoms with Gasteiger partial charge in [-0.15, -0.1) is 0 Å². The number of hydrogen-bond acceptors (Lipinski definition) is 6. The van der Waals surface area contributed by atoms with E-state index in [0.29, 0.717) is 31.9 Å². The number of nitrogens with one attached hydrogen (secondary N) is 1. The van der Waals surface area contributed by atoms with Crippen LogP contribution in [-0.4, -0.2) is 52.3 Å². The van der Waals surface area contributed by atoms with E-state index in [0.717, 1.165) is 12.2 Å². The third-order valence-corrected chi connectivity index (χ3v) is 3.55. The fourth-order valence-corrected chi connectivity index (χ4v) is 2.14. The monoisotopic (exact) mass is 302 g/mol. The number of sulfone groups is 1. The van der Waals surface area contributed by atoms with E-state index in [1.165, 1.54) is 6.26 Å². The molecule has 1 rings (SSSR count). The van der Waals surface area contributed by atoms with Gasteiger partial charge in [0.25, 0.3) is 0 Å². The Labute approximate surface area is 120 Å². The van der Waals surface area contributed by atoms with Gasteiger partial charge in [-0.1, -0.05) is 0 Å². The van der Waals surface area contributed by atoms with Gasteiger partial charge in [0.1, 0.15) is 15.6 Å². The smallest absolute Gasteiger partial charge is 0.147 e. The third-order valence-electron chi connectivity index (χ3n) is 2.51. The molecule has 0 aliphatic heterocycles. The average molecular weight is 302 g/mol. The number of ether oxygens (including phenoxy) is 2. The molecule has 0 saturated carbocycles. The van der Waals surface area contributed by atoms with Crippen LogP contribution in [0, 0.1) is 0 Å². The van der Waals surface area contributed by atoms with Gasteiger partial charge in [0.15, 0.2) is 0 Å². The molecule has 0 saturated heterocycles. The second kappa shape index (κ2) is 8.89. The van der Waals surface area contributed by atoms with E-state index in [1.807, 2.05) is 12.1 Å². The number of aromatic nitrogens is 1. The van der Waals surface area contributed by atoms with Crippen LogP contribution in [0.4, 0.5) is 0 Å². The average Bonchev–Trinajstić information content (AvgIpc) is 2.40. The Morgan fingerprint density at radius 1 is 1.30 bits per heavy atom. The Morgan fingerprint density at radius 2 is 2.10 bits per heavy atom. The van der Waals surface area contributed by atoms with Gasteiger partial charge in [-0.25, -0.2) is 8.42 Å². The van der Waals surface area contributed by atoms with Crippen molar-refractivity contribution in [1.82, 2.24) is 10.3 Å². The summed E-state index contributed by atoms with van der Waals surface area (Å²) in [5, 5.41) is 3.20. The molecule has 0 aliphatic carbocycles. The molecule has 114 valence electrons. The van der Waals surface area contributed by atoms with Gasteiger partial charge in [-0.05, 0) is 18.6 Å². The maximum Gasteiger partial charge on any atom is 0.147 e. The van der Waals surface area contributed by atoms with Crippen LogP contribution >= 0.6 is 0 Å². The second-order valence-corrected chi connectivity index (χ2v) is 6.75. The molecule has 0 radical (unpaired) electrons. The highest BCUT2D eigenvalue weighted by Crippen LogP contribution is 2.09. The molecule has 0 bridgehead atoms. The lowest BCUT2D eigenvalue weighted by Gasteiger charge is -2.07. The molecule has 0 amide bonds. The predicted octanol–water partition coefficient (Wildman–Crippen LogP) is 0.631. The molecule has 1 heterocycles. The molecular weight excluding hydrogens is 280 g/mol. The van der Waals surface area contributed by atoms with E-state index in [4.69, 9.17) is 9.47 Å². The van der Waals surface area contributed by atoms with Crippen LogP contribution in [0.2, 0.25) is 0 Å². The predicted molar refractivity (Wildman–Crippen MR) is 77.6 cm³/mol. The van der Waals surface area contributed by atoms with Crippen molar-refractivity contribution in [3.8, 4) is 5.75 Å². The van der Waals surface area contributed by atoms with E-state index in [-0.39, 0.29) is 5.75 Å². The fraction of sp³-hybridized carbons (Fsp3) is 0.615. The largest absolute Gasteiger partial charge is 0.492 e. The van der Waals surface area contributed by atoms with Crippen molar-refractivity contribution >= 4 is 9.84 Å². The maximum absolute atomic E-state index is 11.0. The third kappa shape index (κ3) is 8.08. The van der Waals surface area contributed by atoms with Crippen molar-refractivity contribution in [2.24, 2.45) is 0 Å². The zero-order chi connectivity index (χ0) is 14.8. The lowest BCUT2D eigenvalue weighted by Crippen LogP contribution is -2.19. The number of methoxy groups -OCH3 is 1. The van der Waals surface area contributed by atoms with Crippen LogP contribution in [0.1, 0.15) is 12.1 Å². The van der Waals surface area contributed by atoms with Crippen molar-refractivity contribution in [1.29, 1.82) is 0 Å². The molecule has 1 aromatic heterocycles. The Bertz CT molecular complexity index is 474. The fourth-order valence-electron chi connectivity index (χ4n) is 1.50. The minimum atomic E-state index is -2.91. The molecule has 0 spiro atoms. The maximum atomic E-state index is 11.0. The summed E-state index contributed by atoms with van der Waals surface area (Å²) in [6.45, 7) is 2.50. The SMILES string of the molecule is COCCNCc1ccc(OCCCS(C)(=O)=O)cn1. The quantitative estimate of drug-likeness (QED) is 0.639. The Morgan fingerprint density at radius 3 is 2.70 bits per heavy atom. The first-order valence-corrected chi connectivity index (χ1v) is 8.52. The van der Waals surface area contributed by atoms with Gasteiger partial charge in [-0.3, -0.25) is 4.98 Å². The standard InChI is InChI=1S/C13H22N2O4S/c1-18-8-6-14-10-12-4-5-13(11-15-12)19-7-3-9-20(2,16)17/h4-5,11,14H,3,6-10H2,1-2H3. The summed E-state index contributed by atoms with van der Waals surface area (Å²) < 4.78 is 32.3. The molecule has 1 N–H and O–H groups in total. The van der Waals surface area contributed by atoms with E-state index in [9.17, 15) is 8.42 Å². The number of hydrogen-bond donors (Lipinski definition) is 1. The minimum Gasteiger partial charge on any atom is -0.492 e. The van der Waals surface area contributed by atoms with Crippen LogP contribution in [0.25, 0.3) is 0 Å². The summed E-state index contributed by atoms with van der Waals surface area (Å²) >= 11 is 0. The highest BCUT2D eigenvalue weighted by Gasteiger charge is 2.02. The summed E-state index contributed by atoms with van der Waals surface area (Å²) in [6, 6.07) is 3.71. The highest BCUT2D eigenvalue weighted by molar-refractivity contribution is 7.90. The van der Waals surface area contributed by atoms with E-state index in [1.54, 1.807) is 13.3 Å². The zero-order valence-electron chi connectivity index (χ0n) is 12.0. The lowest BCUT2D eigenvalue weighted by molar-refractivity contribution is 0.199. The molecule has 0 aromatic carbocycles. The van der Waals surface area contributed by atoms with Crippen molar-refractivity contribution in [3.63, 3.8) is 0 Å². The minimum absolute atomic E-state index is 0.141. The van der Waals surface area contributed by atoms with Crippen LogP contribution in [0.5, 0.6) is 5.75 Å². The van der Waals surface area contributed by atoms with E-state index >= 15 is 0 Å².